The van der Waals surface area contributed by atoms with Gasteiger partial charge in [-0.1, -0.05) is 146 Å². The molecule has 0 saturated carbocycles. The molecule has 11 aromatic rings. The van der Waals surface area contributed by atoms with Crippen molar-refractivity contribution < 1.29 is 4.42 Å². The maximum atomic E-state index is 6.54. The zero-order valence-electron chi connectivity index (χ0n) is 33.0. The molecule has 60 heavy (non-hydrogen) atoms. The van der Waals surface area contributed by atoms with Gasteiger partial charge in [0.25, 0.3) is 0 Å². The van der Waals surface area contributed by atoms with Crippen LogP contribution in [0.1, 0.15) is 36.5 Å². The number of fused-ring (bicyclic) bond motifs is 11. The summed E-state index contributed by atoms with van der Waals surface area (Å²) >= 11 is 0. The molecule has 5 heteroatoms. The van der Waals surface area contributed by atoms with E-state index in [0.717, 1.165) is 84.7 Å². The summed E-state index contributed by atoms with van der Waals surface area (Å²) in [5.74, 6) is 0.727. The van der Waals surface area contributed by atoms with Crippen LogP contribution in [0.4, 0.5) is 0 Å². The van der Waals surface area contributed by atoms with Crippen LogP contribution in [-0.4, -0.2) is 20.7 Å². The Morgan fingerprint density at radius 2 is 1.03 bits per heavy atom. The molecule has 0 unspecified atom stereocenters. The van der Waals surface area contributed by atoms with Crippen LogP contribution in [0.25, 0.3) is 82.6 Å². The Hall–Kier alpha value is -7.76. The second-order valence-corrected chi connectivity index (χ2v) is 15.6. The number of aromatic nitrogens is 2. The molecule has 12 rings (SSSR count). The lowest BCUT2D eigenvalue weighted by molar-refractivity contribution is 0.669. The number of furan rings is 1. The number of benzene rings is 8. The third kappa shape index (κ3) is 5.26. The minimum atomic E-state index is 0.703. The molecule has 0 aliphatic carbocycles. The van der Waals surface area contributed by atoms with Crippen LogP contribution >= 0.6 is 0 Å². The lowest BCUT2D eigenvalue weighted by Gasteiger charge is -2.14. The Labute approximate surface area is 346 Å². The molecular weight excluding hydrogens is 733 g/mol. The molecule has 0 atom stereocenters. The SMILES string of the molecule is CCC1=C(c2ccccc2)N=C(c2ccccc2)N=C(c2ccc(-n3c4c(ccc5oc6ccccc6c54)c4ccc5c6ccccc6n(-c6ccccc6)c5c43)cc2)C1. The highest BCUT2D eigenvalue weighted by molar-refractivity contribution is 6.29. The average molecular weight is 771 g/mol. The molecule has 0 fully saturated rings. The van der Waals surface area contributed by atoms with Gasteiger partial charge in [0.1, 0.15) is 11.2 Å². The van der Waals surface area contributed by atoms with E-state index in [9.17, 15) is 0 Å². The fourth-order valence-electron chi connectivity index (χ4n) is 9.45. The van der Waals surface area contributed by atoms with Gasteiger partial charge < -0.3 is 13.6 Å². The molecule has 284 valence electrons. The van der Waals surface area contributed by atoms with E-state index in [0.29, 0.717) is 6.42 Å². The standard InChI is InChI=1S/C55H38N4O/c1-2-35-34-46(56-55(38-18-8-4-9-19-38)57-51(35)37-16-6-3-7-17-37)36-26-28-40(29-27-36)59-52-43(32-33-49-50(52)45-23-13-15-25-48(45)60-49)44-31-30-42-41-22-12-14-24-47(41)58(53(42)54(44)59)39-20-10-5-11-21-39/h3-33H,2,34H2,1H3. The molecule has 5 nitrogen and oxygen atoms in total. The van der Waals surface area contributed by atoms with Crippen molar-refractivity contribution in [3.8, 4) is 11.4 Å². The zero-order valence-corrected chi connectivity index (χ0v) is 33.0. The summed E-state index contributed by atoms with van der Waals surface area (Å²) in [7, 11) is 0. The minimum Gasteiger partial charge on any atom is -0.456 e. The van der Waals surface area contributed by atoms with E-state index in [1.807, 2.05) is 12.1 Å². The summed E-state index contributed by atoms with van der Waals surface area (Å²) in [5, 5.41) is 7.03. The summed E-state index contributed by atoms with van der Waals surface area (Å²) in [5.41, 5.74) is 15.0. The van der Waals surface area contributed by atoms with Crippen LogP contribution in [0.3, 0.4) is 0 Å². The van der Waals surface area contributed by atoms with Gasteiger partial charge in [0.05, 0.1) is 38.9 Å². The maximum Gasteiger partial charge on any atom is 0.160 e. The number of hydrogen-bond acceptors (Lipinski definition) is 3. The van der Waals surface area contributed by atoms with Crippen molar-refractivity contribution in [2.24, 2.45) is 9.98 Å². The van der Waals surface area contributed by atoms with Gasteiger partial charge in [0.15, 0.2) is 5.84 Å². The molecule has 0 bridgehead atoms. The Kier molecular flexibility index (Phi) is 7.82. The van der Waals surface area contributed by atoms with Crippen LogP contribution < -0.4 is 0 Å². The average Bonchev–Trinajstić information content (AvgIpc) is 3.92. The van der Waals surface area contributed by atoms with E-state index in [1.165, 1.54) is 38.2 Å². The molecule has 0 N–H and O–H groups in total. The molecule has 3 aromatic heterocycles. The Bertz CT molecular complexity index is 3570. The second-order valence-electron chi connectivity index (χ2n) is 15.6. The highest BCUT2D eigenvalue weighted by atomic mass is 16.3. The molecule has 0 radical (unpaired) electrons. The number of aliphatic imine (C=N–C) groups is 2. The van der Waals surface area contributed by atoms with E-state index in [-0.39, 0.29) is 0 Å². The van der Waals surface area contributed by atoms with Gasteiger partial charge in [0.2, 0.25) is 0 Å². The first-order chi connectivity index (χ1) is 29.7. The minimum absolute atomic E-state index is 0.703. The number of amidine groups is 1. The summed E-state index contributed by atoms with van der Waals surface area (Å²) in [6.07, 6.45) is 1.57. The lowest BCUT2D eigenvalue weighted by Crippen LogP contribution is -2.07. The predicted molar refractivity (Wildman–Crippen MR) is 250 cm³/mol. The van der Waals surface area contributed by atoms with Crippen LogP contribution in [0, 0.1) is 0 Å². The van der Waals surface area contributed by atoms with Crippen molar-refractivity contribution in [2.75, 3.05) is 0 Å². The number of allylic oxidation sites excluding steroid dienone is 1. The third-order valence-corrected chi connectivity index (χ3v) is 12.2. The van der Waals surface area contributed by atoms with Gasteiger partial charge in [-0.25, -0.2) is 9.98 Å². The van der Waals surface area contributed by atoms with Crippen molar-refractivity contribution in [3.63, 3.8) is 0 Å². The first-order valence-electron chi connectivity index (χ1n) is 20.7. The molecule has 0 saturated heterocycles. The van der Waals surface area contributed by atoms with Crippen LogP contribution in [0.2, 0.25) is 0 Å². The quantitative estimate of drug-likeness (QED) is 0.166. The van der Waals surface area contributed by atoms with E-state index < -0.39 is 0 Å². The van der Waals surface area contributed by atoms with Gasteiger partial charge in [-0.3, -0.25) is 0 Å². The molecule has 0 amide bonds. The Morgan fingerprint density at radius 3 is 1.78 bits per heavy atom. The van der Waals surface area contributed by atoms with E-state index in [1.54, 1.807) is 0 Å². The zero-order chi connectivity index (χ0) is 39.7. The van der Waals surface area contributed by atoms with E-state index in [2.05, 4.69) is 192 Å². The molecule has 1 aliphatic rings. The van der Waals surface area contributed by atoms with Crippen LogP contribution in [-0.2, 0) is 0 Å². The van der Waals surface area contributed by atoms with Crippen molar-refractivity contribution in [3.05, 3.63) is 210 Å². The van der Waals surface area contributed by atoms with Crippen molar-refractivity contribution in [1.82, 2.24) is 9.13 Å². The first kappa shape index (κ1) is 34.3. The lowest BCUT2D eigenvalue weighted by atomic mass is 9.96. The first-order valence-corrected chi connectivity index (χ1v) is 20.7. The predicted octanol–water partition coefficient (Wildman–Crippen LogP) is 14.2. The van der Waals surface area contributed by atoms with E-state index >= 15 is 0 Å². The Balaban J connectivity index is 1.13. The molecular formula is C55H38N4O. The highest BCUT2D eigenvalue weighted by Crippen LogP contribution is 2.45. The number of rotatable bonds is 6. The number of nitrogens with zero attached hydrogens (tertiary/aromatic N) is 4. The smallest absolute Gasteiger partial charge is 0.160 e. The van der Waals surface area contributed by atoms with Crippen LogP contribution in [0.5, 0.6) is 0 Å². The molecule has 0 spiro atoms. The molecule has 4 heterocycles. The fourth-order valence-corrected chi connectivity index (χ4v) is 9.45. The number of para-hydroxylation sites is 3. The summed E-state index contributed by atoms with van der Waals surface area (Å²) < 4.78 is 11.5. The van der Waals surface area contributed by atoms with Crippen molar-refractivity contribution in [2.45, 2.75) is 19.8 Å². The van der Waals surface area contributed by atoms with E-state index in [4.69, 9.17) is 14.4 Å². The Morgan fingerprint density at radius 1 is 0.450 bits per heavy atom. The number of hydrogen-bond donors (Lipinski definition) is 0. The van der Waals surface area contributed by atoms with Gasteiger partial charge in [-0.05, 0) is 66.1 Å². The summed E-state index contributed by atoms with van der Waals surface area (Å²) in [6, 6.07) is 66.8. The topological polar surface area (TPSA) is 47.7 Å². The van der Waals surface area contributed by atoms with Crippen molar-refractivity contribution >= 4 is 82.8 Å². The van der Waals surface area contributed by atoms with Crippen LogP contribution in [0.15, 0.2) is 208 Å². The van der Waals surface area contributed by atoms with Crippen molar-refractivity contribution in [1.29, 1.82) is 0 Å². The second kappa shape index (κ2) is 13.7. The highest BCUT2D eigenvalue weighted by Gasteiger charge is 2.25. The molecule has 8 aromatic carbocycles. The maximum absolute atomic E-state index is 6.54. The monoisotopic (exact) mass is 770 g/mol. The normalized spacial score (nSPS) is 13.6. The third-order valence-electron chi connectivity index (χ3n) is 12.2. The largest absolute Gasteiger partial charge is 0.456 e. The summed E-state index contributed by atoms with van der Waals surface area (Å²) in [6.45, 7) is 2.22. The fraction of sp³-hybridized carbons (Fsp3) is 0.0545. The van der Waals surface area contributed by atoms with Gasteiger partial charge in [-0.2, -0.15) is 0 Å². The van der Waals surface area contributed by atoms with Gasteiger partial charge in [0, 0.05) is 55.9 Å². The summed E-state index contributed by atoms with van der Waals surface area (Å²) in [4.78, 5) is 10.7. The molecule has 1 aliphatic heterocycles. The van der Waals surface area contributed by atoms with Gasteiger partial charge >= 0.3 is 0 Å². The van der Waals surface area contributed by atoms with Gasteiger partial charge in [-0.15, -0.1) is 0 Å².